The molecule has 224 valence electrons. The van der Waals surface area contributed by atoms with Gasteiger partial charge in [-0.05, 0) is 52.5 Å². The largest absolute Gasteiger partial charge is 0.456 e. The Morgan fingerprint density at radius 3 is 2.11 bits per heavy atom. The van der Waals surface area contributed by atoms with Crippen LogP contribution in [0.15, 0.2) is 161 Å². The number of aliphatic imine (C=N–C) groups is 1. The third-order valence-electron chi connectivity index (χ3n) is 9.39. The number of hydrogen-bond donors (Lipinski definition) is 0. The maximum Gasteiger partial charge on any atom is 0.136 e. The molecule has 0 atom stereocenters. The van der Waals surface area contributed by atoms with E-state index < -0.39 is 0 Å². The average Bonchev–Trinajstić information content (AvgIpc) is 3.64. The molecule has 47 heavy (non-hydrogen) atoms. The van der Waals surface area contributed by atoms with E-state index in [4.69, 9.17) is 9.41 Å². The van der Waals surface area contributed by atoms with Gasteiger partial charge >= 0.3 is 0 Å². The van der Waals surface area contributed by atoms with E-state index in [1.807, 2.05) is 23.5 Å². The molecule has 0 amide bonds. The molecule has 1 aliphatic heterocycles. The molecule has 6 aromatic carbocycles. The highest BCUT2D eigenvalue weighted by Gasteiger charge is 2.23. The highest BCUT2D eigenvalue weighted by molar-refractivity contribution is 7.26. The first-order chi connectivity index (χ1) is 23.3. The van der Waals surface area contributed by atoms with Gasteiger partial charge in [-0.15, -0.1) is 11.3 Å². The van der Waals surface area contributed by atoms with Crippen molar-refractivity contribution >= 4 is 70.4 Å². The van der Waals surface area contributed by atoms with Crippen LogP contribution in [0, 0.1) is 0 Å². The molecule has 0 radical (unpaired) electrons. The van der Waals surface area contributed by atoms with E-state index in [2.05, 4.69) is 140 Å². The summed E-state index contributed by atoms with van der Waals surface area (Å²) in [6.45, 7) is 2.26. The Hall–Kier alpha value is -5.51. The summed E-state index contributed by atoms with van der Waals surface area (Å²) in [5.41, 5.74) is 12.4. The van der Waals surface area contributed by atoms with Crippen LogP contribution >= 0.6 is 11.3 Å². The number of benzene rings is 6. The first-order valence-corrected chi connectivity index (χ1v) is 17.1. The monoisotopic (exact) mass is 621 g/mol. The molecule has 3 heterocycles. The van der Waals surface area contributed by atoms with Crippen molar-refractivity contribution in [1.82, 2.24) is 0 Å². The van der Waals surface area contributed by atoms with Gasteiger partial charge in [0.15, 0.2) is 0 Å². The second-order valence-corrected chi connectivity index (χ2v) is 13.1. The van der Waals surface area contributed by atoms with Gasteiger partial charge in [0, 0.05) is 48.5 Å². The molecule has 0 saturated heterocycles. The van der Waals surface area contributed by atoms with Crippen molar-refractivity contribution in [2.45, 2.75) is 19.8 Å². The van der Waals surface area contributed by atoms with Crippen LogP contribution in [0.2, 0.25) is 0 Å². The number of rotatable bonds is 5. The van der Waals surface area contributed by atoms with Crippen molar-refractivity contribution in [1.29, 1.82) is 0 Å². The third kappa shape index (κ3) is 4.66. The number of thiophene rings is 1. The Labute approximate surface area is 277 Å². The predicted molar refractivity (Wildman–Crippen MR) is 201 cm³/mol. The molecular weight excluding hydrogens is 591 g/mol. The van der Waals surface area contributed by atoms with Crippen LogP contribution in [0.3, 0.4) is 0 Å². The average molecular weight is 622 g/mol. The summed E-state index contributed by atoms with van der Waals surface area (Å²) in [6.07, 6.45) is 3.97. The lowest BCUT2D eigenvalue weighted by Crippen LogP contribution is -2.01. The minimum Gasteiger partial charge on any atom is -0.456 e. The molecule has 0 unspecified atom stereocenters. The molecular formula is C44H31NOS. The van der Waals surface area contributed by atoms with E-state index in [0.29, 0.717) is 6.42 Å². The van der Waals surface area contributed by atoms with Crippen LogP contribution in [0.1, 0.15) is 36.5 Å². The standard InChI is InChI=1S/C44H31NOS/c1-2-31-32(30-24-22-29(23-25-30)28-12-4-3-5-13-28)26-27-38(35-17-11-20-40-42(35)36-15-6-8-19-39(36)46-40)45-43(31)37-18-10-16-34-33-14-7-9-21-41(33)47-44(34)37/h3-26H,2,27H2,1H3. The molecule has 9 rings (SSSR count). The van der Waals surface area contributed by atoms with Gasteiger partial charge in [-0.3, -0.25) is 4.99 Å². The second kappa shape index (κ2) is 11.4. The fourth-order valence-corrected chi connectivity index (χ4v) is 8.38. The molecule has 0 aliphatic carbocycles. The van der Waals surface area contributed by atoms with Gasteiger partial charge in [0.1, 0.15) is 11.2 Å². The highest BCUT2D eigenvalue weighted by Crippen LogP contribution is 2.44. The van der Waals surface area contributed by atoms with Gasteiger partial charge in [0.05, 0.1) is 11.4 Å². The zero-order valence-corrected chi connectivity index (χ0v) is 26.9. The van der Waals surface area contributed by atoms with Crippen molar-refractivity contribution in [3.63, 3.8) is 0 Å². The Morgan fingerprint density at radius 1 is 0.596 bits per heavy atom. The smallest absolute Gasteiger partial charge is 0.136 e. The van der Waals surface area contributed by atoms with E-state index in [-0.39, 0.29) is 0 Å². The predicted octanol–water partition coefficient (Wildman–Crippen LogP) is 12.7. The number of hydrogen-bond acceptors (Lipinski definition) is 3. The van der Waals surface area contributed by atoms with Crippen LogP contribution in [0.25, 0.3) is 64.5 Å². The normalized spacial score (nSPS) is 13.8. The van der Waals surface area contributed by atoms with E-state index in [1.54, 1.807) is 0 Å². The quantitative estimate of drug-likeness (QED) is 0.188. The SMILES string of the molecule is CCC1=C(c2cccc3c2sc2ccccc23)N=C(c2cccc3oc4ccccc4c23)CC=C1c1ccc(-c2ccccc2)cc1. The topological polar surface area (TPSA) is 25.5 Å². The van der Waals surface area contributed by atoms with Crippen molar-refractivity contribution in [2.75, 3.05) is 0 Å². The number of nitrogens with zero attached hydrogens (tertiary/aromatic N) is 1. The first kappa shape index (κ1) is 27.8. The van der Waals surface area contributed by atoms with Crippen LogP contribution in [-0.4, -0.2) is 5.71 Å². The third-order valence-corrected chi connectivity index (χ3v) is 10.6. The summed E-state index contributed by atoms with van der Waals surface area (Å²) in [5.74, 6) is 0. The maximum atomic E-state index is 6.32. The molecule has 2 nitrogen and oxygen atoms in total. The maximum absolute atomic E-state index is 6.32. The van der Waals surface area contributed by atoms with Crippen LogP contribution in [0.5, 0.6) is 0 Å². The molecule has 0 bridgehead atoms. The summed E-state index contributed by atoms with van der Waals surface area (Å²) in [6, 6.07) is 49.8. The fraction of sp³-hybridized carbons (Fsp3) is 0.0682. The molecule has 0 fully saturated rings. The number of allylic oxidation sites excluding steroid dienone is 3. The van der Waals surface area contributed by atoms with Crippen molar-refractivity contribution < 1.29 is 4.42 Å². The molecule has 3 heteroatoms. The number of para-hydroxylation sites is 1. The Balaban J connectivity index is 1.29. The lowest BCUT2D eigenvalue weighted by atomic mass is 9.90. The van der Waals surface area contributed by atoms with Crippen molar-refractivity contribution in [3.05, 3.63) is 168 Å². The summed E-state index contributed by atoms with van der Waals surface area (Å²) in [7, 11) is 0. The Bertz CT molecular complexity index is 2560. The van der Waals surface area contributed by atoms with Gasteiger partial charge in [0.25, 0.3) is 0 Å². The highest BCUT2D eigenvalue weighted by atomic mass is 32.1. The Kier molecular flexibility index (Phi) is 6.72. The zero-order chi connectivity index (χ0) is 31.3. The van der Waals surface area contributed by atoms with E-state index in [9.17, 15) is 0 Å². The van der Waals surface area contributed by atoms with Gasteiger partial charge in [-0.25, -0.2) is 0 Å². The summed E-state index contributed by atoms with van der Waals surface area (Å²) >= 11 is 1.86. The number of furan rings is 1. The molecule has 8 aromatic rings. The van der Waals surface area contributed by atoms with Crippen LogP contribution in [-0.2, 0) is 0 Å². The van der Waals surface area contributed by atoms with E-state index in [1.165, 1.54) is 53.6 Å². The lowest BCUT2D eigenvalue weighted by molar-refractivity contribution is 0.669. The summed E-state index contributed by atoms with van der Waals surface area (Å²) < 4.78 is 8.90. The minimum atomic E-state index is 0.712. The first-order valence-electron chi connectivity index (χ1n) is 16.2. The van der Waals surface area contributed by atoms with Crippen LogP contribution < -0.4 is 0 Å². The molecule has 0 saturated carbocycles. The van der Waals surface area contributed by atoms with E-state index >= 15 is 0 Å². The molecule has 0 N–H and O–H groups in total. The second-order valence-electron chi connectivity index (χ2n) is 12.1. The van der Waals surface area contributed by atoms with Crippen molar-refractivity contribution in [2.24, 2.45) is 4.99 Å². The molecule has 1 aliphatic rings. The minimum absolute atomic E-state index is 0.712. The molecule has 0 spiro atoms. The van der Waals surface area contributed by atoms with E-state index in [0.717, 1.165) is 45.3 Å². The van der Waals surface area contributed by atoms with Crippen LogP contribution in [0.4, 0.5) is 0 Å². The fourth-order valence-electron chi connectivity index (χ4n) is 7.16. The van der Waals surface area contributed by atoms with Gasteiger partial charge in [-0.2, -0.15) is 0 Å². The molecule has 2 aromatic heterocycles. The van der Waals surface area contributed by atoms with Gasteiger partial charge < -0.3 is 4.42 Å². The Morgan fingerprint density at radius 2 is 1.26 bits per heavy atom. The van der Waals surface area contributed by atoms with Crippen molar-refractivity contribution in [3.8, 4) is 11.1 Å². The summed E-state index contributed by atoms with van der Waals surface area (Å²) in [4.78, 5) is 5.68. The number of fused-ring (bicyclic) bond motifs is 6. The zero-order valence-electron chi connectivity index (χ0n) is 26.0. The lowest BCUT2D eigenvalue weighted by Gasteiger charge is -2.15. The van der Waals surface area contributed by atoms with Gasteiger partial charge in [0.2, 0.25) is 0 Å². The summed E-state index contributed by atoms with van der Waals surface area (Å²) in [5, 5.41) is 4.84. The van der Waals surface area contributed by atoms with Gasteiger partial charge in [-0.1, -0.05) is 134 Å².